The molecule has 1 N–H and O–H groups in total. The van der Waals surface area contributed by atoms with E-state index in [-0.39, 0.29) is 11.8 Å². The van der Waals surface area contributed by atoms with E-state index in [1.54, 1.807) is 0 Å². The van der Waals surface area contributed by atoms with E-state index in [4.69, 9.17) is 4.98 Å². The van der Waals surface area contributed by atoms with Crippen molar-refractivity contribution in [2.45, 2.75) is 62.0 Å². The van der Waals surface area contributed by atoms with Crippen molar-refractivity contribution in [3.8, 4) is 0 Å². The van der Waals surface area contributed by atoms with E-state index in [2.05, 4.69) is 51.6 Å². The van der Waals surface area contributed by atoms with E-state index in [0.29, 0.717) is 4.08 Å². The van der Waals surface area contributed by atoms with Crippen LogP contribution in [0.1, 0.15) is 50.8 Å². The van der Waals surface area contributed by atoms with E-state index in [1.165, 1.54) is 55.0 Å². The number of anilines is 1. The number of rotatable bonds is 2. The Bertz CT molecular complexity index is 933. The third-order valence-electron chi connectivity index (χ3n) is 7.63. The van der Waals surface area contributed by atoms with Gasteiger partial charge < -0.3 is 9.88 Å². The highest BCUT2D eigenvalue weighted by Crippen LogP contribution is 2.65. The molecule has 1 saturated heterocycles. The summed E-state index contributed by atoms with van der Waals surface area (Å²) < 4.78 is 2.83. The van der Waals surface area contributed by atoms with Gasteiger partial charge >= 0.3 is 0 Å². The number of aromatic nitrogens is 2. The smallest absolute Gasteiger partial charge is 0.227 e. The average Bonchev–Trinajstić information content (AvgIpc) is 3.30. The fraction of sp³-hybridized carbons (Fsp3) is 0.652. The SMILES string of the molecule is O=C(Nc1ccc2c(c1)nc1n2CCCCC1)C1C[C@H]2CC[C@@H](C1)C21SCCS1. The van der Waals surface area contributed by atoms with Crippen LogP contribution in [0.3, 0.4) is 0 Å². The lowest BCUT2D eigenvalue weighted by Gasteiger charge is -2.42. The number of carbonyl (C=O) groups is 1. The quantitative estimate of drug-likeness (QED) is 0.705. The van der Waals surface area contributed by atoms with Gasteiger partial charge in [-0.05, 0) is 68.6 Å². The molecule has 3 fully saturated rings. The molecule has 2 bridgehead atoms. The Morgan fingerprint density at radius 1 is 1.10 bits per heavy atom. The van der Waals surface area contributed by atoms with Crippen molar-refractivity contribution >= 4 is 46.2 Å². The molecular formula is C23H29N3OS2. The van der Waals surface area contributed by atoms with Crippen molar-refractivity contribution in [3.05, 3.63) is 24.0 Å². The normalized spacial score (nSPS) is 30.4. The van der Waals surface area contributed by atoms with Crippen LogP contribution in [0.4, 0.5) is 5.69 Å². The van der Waals surface area contributed by atoms with Crippen LogP contribution in [0.25, 0.3) is 11.0 Å². The Morgan fingerprint density at radius 2 is 1.90 bits per heavy atom. The minimum Gasteiger partial charge on any atom is -0.328 e. The second-order valence-corrected chi connectivity index (χ2v) is 12.2. The maximum atomic E-state index is 13.1. The van der Waals surface area contributed by atoms with Gasteiger partial charge in [0.25, 0.3) is 0 Å². The van der Waals surface area contributed by atoms with Crippen molar-refractivity contribution < 1.29 is 4.79 Å². The molecule has 1 spiro atoms. The largest absolute Gasteiger partial charge is 0.328 e. The highest BCUT2D eigenvalue weighted by atomic mass is 32.2. The predicted octanol–water partition coefficient (Wildman–Crippen LogP) is 5.31. The number of hydrogen-bond donors (Lipinski definition) is 1. The van der Waals surface area contributed by atoms with Crippen LogP contribution in [0, 0.1) is 17.8 Å². The molecule has 2 aliphatic carbocycles. The van der Waals surface area contributed by atoms with E-state index in [0.717, 1.165) is 48.8 Å². The summed E-state index contributed by atoms with van der Waals surface area (Å²) in [5.74, 6) is 5.65. The number of amides is 1. The summed E-state index contributed by atoms with van der Waals surface area (Å²) in [5, 5.41) is 3.24. The molecule has 0 radical (unpaired) electrons. The first-order valence-corrected chi connectivity index (χ1v) is 13.3. The van der Waals surface area contributed by atoms with Crippen molar-refractivity contribution in [1.82, 2.24) is 9.55 Å². The van der Waals surface area contributed by atoms with E-state index >= 15 is 0 Å². The number of aryl methyl sites for hydroxylation is 2. The summed E-state index contributed by atoms with van der Waals surface area (Å²) in [6, 6.07) is 6.30. The molecule has 1 unspecified atom stereocenters. The Labute approximate surface area is 181 Å². The summed E-state index contributed by atoms with van der Waals surface area (Å²) in [6.45, 7) is 1.07. The molecule has 29 heavy (non-hydrogen) atoms. The van der Waals surface area contributed by atoms with Crippen LogP contribution in [0.15, 0.2) is 18.2 Å². The van der Waals surface area contributed by atoms with Gasteiger partial charge in [-0.3, -0.25) is 4.79 Å². The van der Waals surface area contributed by atoms with E-state index < -0.39 is 0 Å². The molecule has 1 aromatic heterocycles. The first-order valence-electron chi connectivity index (χ1n) is 11.3. The van der Waals surface area contributed by atoms with Gasteiger partial charge in [-0.2, -0.15) is 0 Å². The van der Waals surface area contributed by atoms with Crippen LogP contribution in [-0.4, -0.2) is 31.0 Å². The topological polar surface area (TPSA) is 46.9 Å². The van der Waals surface area contributed by atoms with Crippen LogP contribution in [-0.2, 0) is 17.8 Å². The molecule has 3 atom stereocenters. The molecule has 2 saturated carbocycles. The van der Waals surface area contributed by atoms with Crippen molar-refractivity contribution in [2.24, 2.45) is 17.8 Å². The number of carbonyl (C=O) groups excluding carboxylic acids is 1. The van der Waals surface area contributed by atoms with Crippen molar-refractivity contribution in [2.75, 3.05) is 16.8 Å². The number of thioether (sulfide) groups is 2. The van der Waals surface area contributed by atoms with Gasteiger partial charge in [-0.15, -0.1) is 23.5 Å². The van der Waals surface area contributed by atoms with Crippen molar-refractivity contribution in [3.63, 3.8) is 0 Å². The van der Waals surface area contributed by atoms with Crippen LogP contribution >= 0.6 is 23.5 Å². The number of nitrogens with zero attached hydrogens (tertiary/aromatic N) is 2. The zero-order valence-electron chi connectivity index (χ0n) is 16.9. The Balaban J connectivity index is 1.19. The third-order valence-corrected chi connectivity index (χ3v) is 11.6. The first-order chi connectivity index (χ1) is 14.2. The zero-order chi connectivity index (χ0) is 19.4. The van der Waals surface area contributed by atoms with Gasteiger partial charge in [0.2, 0.25) is 5.91 Å². The standard InChI is InChI=1S/C23H29N3OS2/c27-22(15-12-16-5-6-17(13-15)23(16)28-10-11-29-23)24-18-7-8-20-19(14-18)25-21-4-2-1-3-9-26(20)21/h7-8,14-17H,1-6,9-13H2,(H,24,27)/t15?,16-,17+. The first kappa shape index (κ1) is 18.6. The highest BCUT2D eigenvalue weighted by Gasteiger charge is 2.57. The highest BCUT2D eigenvalue weighted by molar-refractivity contribution is 8.21. The lowest BCUT2D eigenvalue weighted by molar-refractivity contribution is -0.121. The molecular weight excluding hydrogens is 398 g/mol. The maximum absolute atomic E-state index is 13.1. The van der Waals surface area contributed by atoms with Gasteiger partial charge in [0.05, 0.1) is 15.1 Å². The lowest BCUT2D eigenvalue weighted by Crippen LogP contribution is -2.41. The monoisotopic (exact) mass is 427 g/mol. The zero-order valence-corrected chi connectivity index (χ0v) is 18.5. The summed E-state index contributed by atoms with van der Waals surface area (Å²) >= 11 is 4.40. The summed E-state index contributed by atoms with van der Waals surface area (Å²) in [7, 11) is 0. The molecule has 4 aliphatic rings. The van der Waals surface area contributed by atoms with Gasteiger partial charge in [-0.25, -0.2) is 4.98 Å². The summed E-state index contributed by atoms with van der Waals surface area (Å²) in [6.07, 6.45) is 9.61. The van der Waals surface area contributed by atoms with Crippen molar-refractivity contribution in [1.29, 1.82) is 0 Å². The van der Waals surface area contributed by atoms with E-state index in [9.17, 15) is 4.79 Å². The van der Waals surface area contributed by atoms with Gasteiger partial charge in [-0.1, -0.05) is 6.42 Å². The second kappa shape index (κ2) is 7.23. The van der Waals surface area contributed by atoms with Gasteiger partial charge in [0.1, 0.15) is 5.82 Å². The number of fused-ring (bicyclic) bond motifs is 3. The van der Waals surface area contributed by atoms with Gasteiger partial charge in [0.15, 0.2) is 0 Å². The molecule has 3 heterocycles. The molecule has 1 aromatic carbocycles. The average molecular weight is 428 g/mol. The molecule has 1 amide bonds. The number of benzene rings is 1. The van der Waals surface area contributed by atoms with Gasteiger partial charge in [0, 0.05) is 36.1 Å². The van der Waals surface area contributed by atoms with E-state index in [1.807, 2.05) is 0 Å². The lowest BCUT2D eigenvalue weighted by atomic mass is 9.79. The minimum absolute atomic E-state index is 0.175. The number of nitrogens with one attached hydrogen (secondary N) is 1. The molecule has 6 rings (SSSR count). The number of imidazole rings is 1. The third kappa shape index (κ3) is 3.04. The second-order valence-electron chi connectivity index (χ2n) is 9.24. The molecule has 6 heteroatoms. The fourth-order valence-corrected chi connectivity index (χ4v) is 10.2. The fourth-order valence-electron chi connectivity index (χ4n) is 6.29. The Kier molecular flexibility index (Phi) is 4.64. The number of hydrogen-bond acceptors (Lipinski definition) is 4. The van der Waals surface area contributed by atoms with Crippen LogP contribution in [0.2, 0.25) is 0 Å². The minimum atomic E-state index is 0.175. The Hall–Kier alpha value is -1.14. The van der Waals surface area contributed by atoms with Crippen LogP contribution in [0.5, 0.6) is 0 Å². The summed E-state index contributed by atoms with van der Waals surface area (Å²) in [5.41, 5.74) is 3.15. The summed E-state index contributed by atoms with van der Waals surface area (Å²) in [4.78, 5) is 18.0. The maximum Gasteiger partial charge on any atom is 0.227 e. The van der Waals surface area contributed by atoms with Crippen LogP contribution < -0.4 is 5.32 Å². The Morgan fingerprint density at radius 3 is 2.69 bits per heavy atom. The molecule has 154 valence electrons. The molecule has 4 nitrogen and oxygen atoms in total. The molecule has 2 aliphatic heterocycles. The molecule has 2 aromatic rings. The predicted molar refractivity (Wildman–Crippen MR) is 123 cm³/mol.